The van der Waals surface area contributed by atoms with Crippen molar-refractivity contribution < 1.29 is 14.3 Å². The smallest absolute Gasteiger partial charge is 0.256 e. The van der Waals surface area contributed by atoms with Gasteiger partial charge in [0.05, 0.1) is 0 Å². The van der Waals surface area contributed by atoms with E-state index in [0.29, 0.717) is 19.4 Å². The number of benzene rings is 2. The quantitative estimate of drug-likeness (QED) is 0.836. The topological polar surface area (TPSA) is 59.6 Å². The maximum Gasteiger partial charge on any atom is 0.256 e. The molecule has 5 nitrogen and oxygen atoms in total. The summed E-state index contributed by atoms with van der Waals surface area (Å²) in [5, 5.41) is 6.33. The van der Waals surface area contributed by atoms with Crippen LogP contribution in [0.5, 0.6) is 5.75 Å². The van der Waals surface area contributed by atoms with Gasteiger partial charge in [0.15, 0.2) is 0 Å². The Morgan fingerprint density at radius 3 is 2.54 bits per heavy atom. The number of piperidine rings is 1. The minimum Gasteiger partial charge on any atom is -0.489 e. The van der Waals surface area contributed by atoms with Crippen LogP contribution in [0.1, 0.15) is 24.0 Å². The minimum absolute atomic E-state index is 0.0780. The predicted octanol–water partition coefficient (Wildman–Crippen LogP) is 3.28. The van der Waals surface area contributed by atoms with Crippen molar-refractivity contribution in [3.63, 3.8) is 0 Å². The van der Waals surface area contributed by atoms with Crippen LogP contribution in [0.15, 0.2) is 48.5 Å². The Morgan fingerprint density at radius 1 is 1.12 bits per heavy atom. The molecule has 5 heteroatoms. The molecule has 0 spiro atoms. The summed E-state index contributed by atoms with van der Waals surface area (Å²) >= 11 is 0. The number of rotatable bonds is 6. The van der Waals surface area contributed by atoms with Gasteiger partial charge in [0, 0.05) is 12.8 Å². The molecule has 0 aliphatic carbocycles. The molecule has 0 saturated carbocycles. The number of carbonyl (C=O) groups is 1. The van der Waals surface area contributed by atoms with Gasteiger partial charge in [-0.2, -0.15) is 0 Å². The van der Waals surface area contributed by atoms with Gasteiger partial charge in [0.25, 0.3) is 5.91 Å². The summed E-state index contributed by atoms with van der Waals surface area (Å²) < 4.78 is 11.5. The summed E-state index contributed by atoms with van der Waals surface area (Å²) in [6.45, 7) is 4.02. The Labute approximate surface area is 154 Å². The molecule has 2 aromatic carbocycles. The summed E-state index contributed by atoms with van der Waals surface area (Å²) in [7, 11) is 1.61. The van der Waals surface area contributed by atoms with Crippen LogP contribution in [-0.4, -0.2) is 31.7 Å². The molecule has 1 aliphatic rings. The van der Waals surface area contributed by atoms with Crippen LogP contribution in [0.2, 0.25) is 0 Å². The van der Waals surface area contributed by atoms with E-state index < -0.39 is 5.60 Å². The number of hydrogen-bond donors (Lipinski definition) is 2. The van der Waals surface area contributed by atoms with Crippen molar-refractivity contribution in [2.45, 2.75) is 32.0 Å². The Bertz CT molecular complexity index is 740. The normalized spacial score (nSPS) is 16.1. The molecule has 0 aromatic heterocycles. The fourth-order valence-corrected chi connectivity index (χ4v) is 3.24. The Kier molecular flexibility index (Phi) is 5.91. The average Bonchev–Trinajstić information content (AvgIpc) is 2.70. The number of carbonyl (C=O) groups excluding carboxylic acids is 1. The number of hydrogen-bond acceptors (Lipinski definition) is 4. The molecule has 1 amide bonds. The summed E-state index contributed by atoms with van der Waals surface area (Å²) in [5.41, 5.74) is 2.10. The minimum atomic E-state index is -0.756. The molecule has 3 rings (SSSR count). The number of methoxy groups -OCH3 is 1. The summed E-state index contributed by atoms with van der Waals surface area (Å²) in [4.78, 5) is 12.9. The zero-order chi connectivity index (χ0) is 18.4. The van der Waals surface area contributed by atoms with Gasteiger partial charge in [-0.15, -0.1) is 0 Å². The van der Waals surface area contributed by atoms with E-state index in [9.17, 15) is 4.79 Å². The highest BCUT2D eigenvalue weighted by Gasteiger charge is 2.39. The van der Waals surface area contributed by atoms with Crippen molar-refractivity contribution in [2.24, 2.45) is 0 Å². The third-order valence-electron chi connectivity index (χ3n) is 5.05. The number of para-hydroxylation sites is 1. The monoisotopic (exact) mass is 354 g/mol. The maximum atomic E-state index is 12.9. The highest BCUT2D eigenvalue weighted by molar-refractivity contribution is 5.98. The van der Waals surface area contributed by atoms with Crippen LogP contribution >= 0.6 is 0 Å². The molecule has 0 bridgehead atoms. The average molecular weight is 354 g/mol. The van der Waals surface area contributed by atoms with Crippen molar-refractivity contribution >= 4 is 11.6 Å². The molecule has 26 heavy (non-hydrogen) atoms. The van der Waals surface area contributed by atoms with Crippen molar-refractivity contribution in [1.82, 2.24) is 5.32 Å². The number of ether oxygens (including phenoxy) is 2. The molecular formula is C21H26N2O3. The standard InChI is InChI=1S/C21H26N2O3/c1-16-17(15-26-18-8-4-3-5-9-18)7-6-10-19(16)23-20(24)21(25-2)11-13-22-14-12-21/h3-10,22H,11-15H2,1-2H3,(H,23,24). The molecule has 138 valence electrons. The van der Waals surface area contributed by atoms with Gasteiger partial charge in [-0.05, 0) is 62.2 Å². The second kappa shape index (κ2) is 8.34. The fourth-order valence-electron chi connectivity index (χ4n) is 3.24. The van der Waals surface area contributed by atoms with Gasteiger partial charge < -0.3 is 20.1 Å². The van der Waals surface area contributed by atoms with Crippen molar-refractivity contribution in [3.8, 4) is 5.75 Å². The second-order valence-corrected chi connectivity index (χ2v) is 6.59. The first-order valence-corrected chi connectivity index (χ1v) is 8.98. The predicted molar refractivity (Wildman–Crippen MR) is 102 cm³/mol. The number of amides is 1. The summed E-state index contributed by atoms with van der Waals surface area (Å²) in [6.07, 6.45) is 1.34. The highest BCUT2D eigenvalue weighted by Crippen LogP contribution is 2.27. The molecule has 2 aromatic rings. The first kappa shape index (κ1) is 18.4. The third-order valence-corrected chi connectivity index (χ3v) is 5.05. The van der Waals surface area contributed by atoms with Crippen molar-refractivity contribution in [1.29, 1.82) is 0 Å². The Hall–Kier alpha value is -2.37. The van der Waals surface area contributed by atoms with Crippen LogP contribution in [0.25, 0.3) is 0 Å². The molecular weight excluding hydrogens is 328 g/mol. The van der Waals surface area contributed by atoms with E-state index >= 15 is 0 Å². The zero-order valence-electron chi connectivity index (χ0n) is 15.4. The number of anilines is 1. The van der Waals surface area contributed by atoms with Crippen LogP contribution < -0.4 is 15.4 Å². The largest absolute Gasteiger partial charge is 0.489 e. The van der Waals surface area contributed by atoms with Crippen LogP contribution in [0, 0.1) is 6.92 Å². The van der Waals surface area contributed by atoms with Gasteiger partial charge in [-0.3, -0.25) is 4.79 Å². The van der Waals surface area contributed by atoms with E-state index in [4.69, 9.17) is 9.47 Å². The van der Waals surface area contributed by atoms with E-state index in [-0.39, 0.29) is 5.91 Å². The van der Waals surface area contributed by atoms with Crippen molar-refractivity contribution in [3.05, 3.63) is 59.7 Å². The lowest BCUT2D eigenvalue weighted by molar-refractivity contribution is -0.140. The van der Waals surface area contributed by atoms with Gasteiger partial charge in [-0.1, -0.05) is 30.3 Å². The third kappa shape index (κ3) is 4.06. The lowest BCUT2D eigenvalue weighted by Gasteiger charge is -2.35. The Morgan fingerprint density at radius 2 is 1.85 bits per heavy atom. The van der Waals surface area contributed by atoms with E-state index in [1.165, 1.54) is 0 Å². The van der Waals surface area contributed by atoms with E-state index in [1.54, 1.807) is 7.11 Å². The maximum absolute atomic E-state index is 12.9. The molecule has 0 atom stereocenters. The van der Waals surface area contributed by atoms with Gasteiger partial charge in [-0.25, -0.2) is 0 Å². The molecule has 1 heterocycles. The highest BCUT2D eigenvalue weighted by atomic mass is 16.5. The lowest BCUT2D eigenvalue weighted by Crippen LogP contribution is -2.51. The zero-order valence-corrected chi connectivity index (χ0v) is 15.4. The van der Waals surface area contributed by atoms with Crippen LogP contribution in [0.4, 0.5) is 5.69 Å². The first-order chi connectivity index (χ1) is 12.6. The SMILES string of the molecule is COC1(C(=O)Nc2cccc(COc3ccccc3)c2C)CCNCC1. The van der Waals surface area contributed by atoms with Crippen molar-refractivity contribution in [2.75, 3.05) is 25.5 Å². The number of nitrogens with one attached hydrogen (secondary N) is 2. The summed E-state index contributed by atoms with van der Waals surface area (Å²) in [5.74, 6) is 0.750. The van der Waals surface area contributed by atoms with E-state index in [2.05, 4.69) is 10.6 Å². The van der Waals surface area contributed by atoms with E-state index in [1.807, 2.05) is 55.5 Å². The molecule has 1 aliphatic heterocycles. The Balaban J connectivity index is 1.71. The molecule has 0 unspecified atom stereocenters. The lowest BCUT2D eigenvalue weighted by atomic mass is 9.91. The van der Waals surface area contributed by atoms with Crippen LogP contribution in [-0.2, 0) is 16.1 Å². The van der Waals surface area contributed by atoms with Gasteiger partial charge in [0.2, 0.25) is 0 Å². The fraction of sp³-hybridized carbons (Fsp3) is 0.381. The molecule has 2 N–H and O–H groups in total. The molecule has 0 radical (unpaired) electrons. The second-order valence-electron chi connectivity index (χ2n) is 6.59. The van der Waals surface area contributed by atoms with Gasteiger partial charge in [0.1, 0.15) is 18.0 Å². The van der Waals surface area contributed by atoms with Crippen LogP contribution in [0.3, 0.4) is 0 Å². The first-order valence-electron chi connectivity index (χ1n) is 8.98. The van der Waals surface area contributed by atoms with E-state index in [0.717, 1.165) is 35.7 Å². The summed E-state index contributed by atoms with van der Waals surface area (Å²) in [6, 6.07) is 15.6. The molecule has 1 fully saturated rings. The molecule has 1 saturated heterocycles. The van der Waals surface area contributed by atoms with Gasteiger partial charge >= 0.3 is 0 Å².